The van der Waals surface area contributed by atoms with E-state index in [-0.39, 0.29) is 24.3 Å². The maximum atomic E-state index is 12.5. The highest BCUT2D eigenvalue weighted by molar-refractivity contribution is 5.86. The molecule has 5 rings (SSSR count). The van der Waals surface area contributed by atoms with Crippen LogP contribution in [0.3, 0.4) is 0 Å². The minimum Gasteiger partial charge on any atom is -0.477 e. The number of ether oxygens (including phenoxy) is 1. The Morgan fingerprint density at radius 3 is 2.38 bits per heavy atom. The van der Waals surface area contributed by atoms with Crippen molar-refractivity contribution < 1.29 is 19.4 Å². The molecule has 3 aromatic rings. The van der Waals surface area contributed by atoms with Crippen LogP contribution in [0.15, 0.2) is 54.6 Å². The summed E-state index contributed by atoms with van der Waals surface area (Å²) in [5.74, 6) is -0.990. The van der Waals surface area contributed by atoms with Crippen molar-refractivity contribution in [1.82, 2.24) is 10.3 Å². The van der Waals surface area contributed by atoms with Crippen LogP contribution in [-0.4, -0.2) is 28.8 Å². The molecule has 0 fully saturated rings. The Bertz CT molecular complexity index is 1070. The zero-order valence-electron chi connectivity index (χ0n) is 15.6. The number of aromatic nitrogens is 1. The number of benzene rings is 2. The summed E-state index contributed by atoms with van der Waals surface area (Å²) in [6, 6.07) is 17.8. The number of H-pyrrole nitrogens is 1. The molecule has 0 radical (unpaired) electrons. The molecule has 6 nitrogen and oxygen atoms in total. The summed E-state index contributed by atoms with van der Waals surface area (Å²) in [6.45, 7) is 0.255. The molecule has 0 aliphatic heterocycles. The highest BCUT2D eigenvalue weighted by Crippen LogP contribution is 2.44. The van der Waals surface area contributed by atoms with Gasteiger partial charge >= 0.3 is 12.1 Å². The molecular weight excluding hydrogens is 368 g/mol. The summed E-state index contributed by atoms with van der Waals surface area (Å²) < 4.78 is 5.59. The van der Waals surface area contributed by atoms with E-state index in [1.165, 1.54) is 22.3 Å². The number of aromatic carboxylic acids is 1. The van der Waals surface area contributed by atoms with Gasteiger partial charge in [0.2, 0.25) is 0 Å². The monoisotopic (exact) mass is 388 g/mol. The van der Waals surface area contributed by atoms with Crippen LogP contribution in [0.1, 0.15) is 51.3 Å². The summed E-state index contributed by atoms with van der Waals surface area (Å²) in [5, 5.41) is 12.0. The Kier molecular flexibility index (Phi) is 4.12. The number of fused-ring (bicyclic) bond motifs is 4. The fourth-order valence-corrected chi connectivity index (χ4v) is 4.52. The minimum atomic E-state index is -1.00. The first kappa shape index (κ1) is 17.6. The number of nitrogens with one attached hydrogen (secondary N) is 2. The van der Waals surface area contributed by atoms with Crippen LogP contribution in [0.4, 0.5) is 4.79 Å². The Hall–Kier alpha value is -3.54. The standard InChI is InChI=1S/C23H20N2O4/c26-22(27)20-11-13-9-10-19(21(13)24-20)25-23(28)29-12-18-16-7-3-1-5-14(16)15-6-2-4-8-17(15)18/h1-8,11,18-19,24H,9-10,12H2,(H,25,28)(H,26,27). The third kappa shape index (κ3) is 2.97. The zero-order valence-corrected chi connectivity index (χ0v) is 15.6. The first-order valence-electron chi connectivity index (χ1n) is 9.68. The summed E-state index contributed by atoms with van der Waals surface area (Å²) in [6.07, 6.45) is 0.967. The van der Waals surface area contributed by atoms with Gasteiger partial charge in [-0.3, -0.25) is 0 Å². The first-order chi connectivity index (χ1) is 14.1. The normalized spacial score (nSPS) is 16.8. The SMILES string of the molecule is O=C(NC1CCc2cc(C(=O)O)[nH]c21)OCC1c2ccccc2-c2ccccc21. The van der Waals surface area contributed by atoms with E-state index in [0.29, 0.717) is 0 Å². The fourth-order valence-electron chi connectivity index (χ4n) is 4.52. The predicted octanol–water partition coefficient (Wildman–Crippen LogP) is 4.24. The van der Waals surface area contributed by atoms with Gasteiger partial charge in [0.05, 0.1) is 6.04 Å². The summed E-state index contributed by atoms with van der Waals surface area (Å²) >= 11 is 0. The number of carbonyl (C=O) groups excluding carboxylic acids is 1. The van der Waals surface area contributed by atoms with Crippen LogP contribution < -0.4 is 5.32 Å². The minimum absolute atomic E-state index is 0.0105. The summed E-state index contributed by atoms with van der Waals surface area (Å²) in [7, 11) is 0. The molecule has 1 unspecified atom stereocenters. The lowest BCUT2D eigenvalue weighted by Crippen LogP contribution is -2.29. The molecule has 29 heavy (non-hydrogen) atoms. The van der Waals surface area contributed by atoms with Gasteiger partial charge in [0.1, 0.15) is 12.3 Å². The summed E-state index contributed by atoms with van der Waals surface area (Å²) in [5.41, 5.74) is 6.55. The maximum absolute atomic E-state index is 12.5. The van der Waals surface area contributed by atoms with Crippen molar-refractivity contribution in [3.8, 4) is 11.1 Å². The number of hydrogen-bond donors (Lipinski definition) is 3. The molecule has 1 atom stereocenters. The molecule has 0 saturated heterocycles. The molecule has 1 heterocycles. The van der Waals surface area contributed by atoms with E-state index in [1.807, 2.05) is 24.3 Å². The van der Waals surface area contributed by atoms with Crippen molar-refractivity contribution in [2.45, 2.75) is 24.8 Å². The van der Waals surface area contributed by atoms with Gasteiger partial charge < -0.3 is 20.1 Å². The predicted molar refractivity (Wildman–Crippen MR) is 107 cm³/mol. The third-order valence-corrected chi connectivity index (χ3v) is 5.85. The van der Waals surface area contributed by atoms with Gasteiger partial charge in [0.15, 0.2) is 0 Å². The van der Waals surface area contributed by atoms with E-state index in [4.69, 9.17) is 9.84 Å². The van der Waals surface area contributed by atoms with Crippen LogP contribution >= 0.6 is 0 Å². The first-order valence-corrected chi connectivity index (χ1v) is 9.68. The molecule has 0 saturated carbocycles. The highest BCUT2D eigenvalue weighted by atomic mass is 16.5. The van der Waals surface area contributed by atoms with Crippen LogP contribution in [-0.2, 0) is 11.2 Å². The lowest BCUT2D eigenvalue weighted by molar-refractivity contribution is 0.0691. The quantitative estimate of drug-likeness (QED) is 0.623. The van der Waals surface area contributed by atoms with Gasteiger partial charge in [-0.2, -0.15) is 0 Å². The van der Waals surface area contributed by atoms with Crippen LogP contribution in [0, 0.1) is 0 Å². The van der Waals surface area contributed by atoms with E-state index in [0.717, 1.165) is 24.1 Å². The second kappa shape index (κ2) is 6.81. The molecule has 2 aliphatic carbocycles. The number of rotatable bonds is 4. The van der Waals surface area contributed by atoms with E-state index in [1.54, 1.807) is 6.07 Å². The van der Waals surface area contributed by atoms with Crippen molar-refractivity contribution >= 4 is 12.1 Å². The van der Waals surface area contributed by atoms with Crippen molar-refractivity contribution in [2.75, 3.05) is 6.61 Å². The average Bonchev–Trinajstić information content (AvgIpc) is 3.39. The highest BCUT2D eigenvalue weighted by Gasteiger charge is 2.31. The van der Waals surface area contributed by atoms with Gasteiger partial charge in [-0.25, -0.2) is 9.59 Å². The van der Waals surface area contributed by atoms with E-state index in [2.05, 4.69) is 34.6 Å². The molecule has 2 aliphatic rings. The second-order valence-electron chi connectivity index (χ2n) is 7.49. The molecule has 0 bridgehead atoms. The van der Waals surface area contributed by atoms with Crippen LogP contribution in [0.5, 0.6) is 0 Å². The number of hydrogen-bond acceptors (Lipinski definition) is 3. The van der Waals surface area contributed by atoms with Gasteiger partial charge in [-0.05, 0) is 46.7 Å². The average molecular weight is 388 g/mol. The number of carboxylic acid groups (broad SMARTS) is 1. The second-order valence-corrected chi connectivity index (χ2v) is 7.49. The molecule has 6 heteroatoms. The van der Waals surface area contributed by atoms with Gasteiger partial charge in [0, 0.05) is 11.6 Å². The summed E-state index contributed by atoms with van der Waals surface area (Å²) in [4.78, 5) is 26.5. The van der Waals surface area contributed by atoms with Crippen LogP contribution in [0.2, 0.25) is 0 Å². The number of amides is 1. The van der Waals surface area contributed by atoms with Crippen molar-refractivity contribution in [3.63, 3.8) is 0 Å². The molecule has 146 valence electrons. The number of carboxylic acids is 1. The molecule has 0 spiro atoms. The zero-order chi connectivity index (χ0) is 20.0. The van der Waals surface area contributed by atoms with Crippen molar-refractivity contribution in [2.24, 2.45) is 0 Å². The molecule has 1 amide bonds. The molecule has 2 aromatic carbocycles. The Labute approximate surface area is 167 Å². The van der Waals surface area contributed by atoms with Gasteiger partial charge in [-0.1, -0.05) is 48.5 Å². The third-order valence-electron chi connectivity index (χ3n) is 5.85. The lowest BCUT2D eigenvalue weighted by atomic mass is 9.98. The van der Waals surface area contributed by atoms with E-state index in [9.17, 15) is 9.59 Å². The fraction of sp³-hybridized carbons (Fsp3) is 0.217. The number of aryl methyl sites for hydroxylation is 1. The lowest BCUT2D eigenvalue weighted by Gasteiger charge is -2.17. The van der Waals surface area contributed by atoms with Crippen molar-refractivity contribution in [3.05, 3.63) is 82.7 Å². The number of aromatic amines is 1. The Morgan fingerprint density at radius 1 is 1.07 bits per heavy atom. The van der Waals surface area contributed by atoms with Crippen molar-refractivity contribution in [1.29, 1.82) is 0 Å². The van der Waals surface area contributed by atoms with E-state index < -0.39 is 12.1 Å². The Balaban J connectivity index is 1.28. The molecule has 3 N–H and O–H groups in total. The van der Waals surface area contributed by atoms with Gasteiger partial charge in [0.25, 0.3) is 0 Å². The molecule has 1 aromatic heterocycles. The maximum Gasteiger partial charge on any atom is 0.407 e. The molecular formula is C23H20N2O4. The topological polar surface area (TPSA) is 91.4 Å². The van der Waals surface area contributed by atoms with Gasteiger partial charge in [-0.15, -0.1) is 0 Å². The number of carbonyl (C=O) groups is 2. The van der Waals surface area contributed by atoms with Crippen LogP contribution in [0.25, 0.3) is 11.1 Å². The largest absolute Gasteiger partial charge is 0.477 e. The smallest absolute Gasteiger partial charge is 0.407 e. The van der Waals surface area contributed by atoms with E-state index >= 15 is 0 Å². The Morgan fingerprint density at radius 2 is 1.72 bits per heavy atom. The number of alkyl carbamates (subject to hydrolysis) is 1.